The zero-order chi connectivity index (χ0) is 32.1. The Morgan fingerprint density at radius 1 is 0.932 bits per heavy atom. The molecule has 226 valence electrons. The highest BCUT2D eigenvalue weighted by Crippen LogP contribution is 2.41. The van der Waals surface area contributed by atoms with Gasteiger partial charge in [0.15, 0.2) is 17.3 Å². The standard InChI is InChI=1S/C35H34N2O7/c1-34(2,3)22-17-19(18-23(32(22)40)35(4,5)6)13-16-27(38)44-26-12-7-9-20-14-15-24(36-30(20)26)29-31(39)21-10-8-11-25(37(42)43)28(21)33(29)41/h7-12,14-15,17-18,29,40H,13,16H2,1-6H3. The van der Waals surface area contributed by atoms with Gasteiger partial charge in [-0.15, -0.1) is 0 Å². The predicted octanol–water partition coefficient (Wildman–Crippen LogP) is 7.14. The van der Waals surface area contributed by atoms with Gasteiger partial charge in [-0.1, -0.05) is 84.0 Å². The summed E-state index contributed by atoms with van der Waals surface area (Å²) in [5.74, 6) is -2.63. The molecule has 0 radical (unpaired) electrons. The van der Waals surface area contributed by atoms with Crippen molar-refractivity contribution in [2.75, 3.05) is 0 Å². The molecule has 0 saturated carbocycles. The van der Waals surface area contributed by atoms with Gasteiger partial charge in [0.05, 0.1) is 10.6 Å². The van der Waals surface area contributed by atoms with Crippen LogP contribution in [-0.4, -0.2) is 32.5 Å². The predicted molar refractivity (Wildman–Crippen MR) is 166 cm³/mol. The molecule has 1 aromatic heterocycles. The Kier molecular flexibility index (Phi) is 7.61. The summed E-state index contributed by atoms with van der Waals surface area (Å²) in [4.78, 5) is 55.0. The van der Waals surface area contributed by atoms with Crippen LogP contribution in [0.15, 0.2) is 60.7 Å². The number of Topliss-reactive ketones (excluding diaryl/α,β-unsaturated/α-hetero) is 2. The number of hydrogen-bond donors (Lipinski definition) is 1. The van der Waals surface area contributed by atoms with Gasteiger partial charge in [-0.2, -0.15) is 0 Å². The number of ether oxygens (including phenoxy) is 1. The lowest BCUT2D eigenvalue weighted by Crippen LogP contribution is -2.18. The number of nitrogens with zero attached hydrogens (tertiary/aromatic N) is 2. The molecule has 3 aromatic carbocycles. The van der Waals surface area contributed by atoms with Crippen LogP contribution in [0, 0.1) is 10.1 Å². The number of pyridine rings is 1. The Morgan fingerprint density at radius 2 is 1.57 bits per heavy atom. The maximum Gasteiger partial charge on any atom is 0.311 e. The topological polar surface area (TPSA) is 137 Å². The summed E-state index contributed by atoms with van der Waals surface area (Å²) in [6, 6.07) is 16.1. The second kappa shape index (κ2) is 11.0. The van der Waals surface area contributed by atoms with Crippen molar-refractivity contribution in [1.82, 2.24) is 4.98 Å². The molecular weight excluding hydrogens is 560 g/mol. The van der Waals surface area contributed by atoms with Crippen molar-refractivity contribution < 1.29 is 29.2 Å². The molecular formula is C35H34N2O7. The highest BCUT2D eigenvalue weighted by Gasteiger charge is 2.44. The van der Waals surface area contributed by atoms with E-state index in [1.807, 2.05) is 53.7 Å². The van der Waals surface area contributed by atoms with Crippen LogP contribution < -0.4 is 4.74 Å². The number of fused-ring (bicyclic) bond motifs is 2. The fourth-order valence-electron chi connectivity index (χ4n) is 5.62. The molecule has 4 aromatic rings. The van der Waals surface area contributed by atoms with Crippen LogP contribution in [0.25, 0.3) is 10.9 Å². The largest absolute Gasteiger partial charge is 0.507 e. The van der Waals surface area contributed by atoms with Crippen LogP contribution in [0.3, 0.4) is 0 Å². The summed E-state index contributed by atoms with van der Waals surface area (Å²) >= 11 is 0. The van der Waals surface area contributed by atoms with Crippen LogP contribution in [0.4, 0.5) is 5.69 Å². The number of ketones is 2. The number of aromatic hydroxyl groups is 1. The molecule has 1 aliphatic rings. The average molecular weight is 595 g/mol. The van der Waals surface area contributed by atoms with Crippen LogP contribution >= 0.6 is 0 Å². The van der Waals surface area contributed by atoms with Crippen molar-refractivity contribution in [3.05, 3.63) is 104 Å². The van der Waals surface area contributed by atoms with Gasteiger partial charge < -0.3 is 9.84 Å². The Bertz CT molecular complexity index is 1830. The molecule has 0 bridgehead atoms. The first-order chi connectivity index (χ1) is 20.6. The molecule has 9 nitrogen and oxygen atoms in total. The maximum absolute atomic E-state index is 13.3. The number of esters is 1. The maximum atomic E-state index is 13.3. The molecule has 1 aliphatic carbocycles. The number of nitro benzene ring substituents is 1. The Balaban J connectivity index is 1.41. The number of aromatic nitrogens is 1. The summed E-state index contributed by atoms with van der Waals surface area (Å²) in [5.41, 5.74) is 1.68. The number of phenolic OH excluding ortho intramolecular Hbond substituents is 1. The SMILES string of the molecule is CC(C)(C)c1cc(CCC(=O)Oc2cccc3ccc(C4C(=O)c5cccc([N+](=O)[O-])c5C4=O)nc23)cc(C(C)(C)C)c1O. The molecule has 5 rings (SSSR count). The third-order valence-electron chi connectivity index (χ3n) is 7.90. The molecule has 0 fully saturated rings. The van der Waals surface area contributed by atoms with E-state index >= 15 is 0 Å². The number of carbonyl (C=O) groups excluding carboxylic acids is 3. The number of hydrogen-bond acceptors (Lipinski definition) is 8. The fraction of sp³-hybridized carbons (Fsp3) is 0.314. The van der Waals surface area contributed by atoms with Crippen LogP contribution in [0.1, 0.15) is 97.0 Å². The molecule has 44 heavy (non-hydrogen) atoms. The van der Waals surface area contributed by atoms with Crippen LogP contribution in [-0.2, 0) is 22.0 Å². The first-order valence-electron chi connectivity index (χ1n) is 14.4. The minimum atomic E-state index is -1.33. The Hall–Kier alpha value is -4.92. The summed E-state index contributed by atoms with van der Waals surface area (Å²) in [5, 5.41) is 23.2. The molecule has 9 heteroatoms. The highest BCUT2D eigenvalue weighted by molar-refractivity contribution is 6.31. The third kappa shape index (κ3) is 5.57. The number of carbonyl (C=O) groups is 3. The van der Waals surface area contributed by atoms with Crippen molar-refractivity contribution >= 4 is 34.1 Å². The van der Waals surface area contributed by atoms with Crippen molar-refractivity contribution in [3.8, 4) is 11.5 Å². The van der Waals surface area contributed by atoms with E-state index in [1.54, 1.807) is 24.3 Å². The summed E-state index contributed by atoms with van der Waals surface area (Å²) in [6.07, 6.45) is 0.448. The van der Waals surface area contributed by atoms with E-state index in [4.69, 9.17) is 4.74 Å². The van der Waals surface area contributed by atoms with E-state index in [1.165, 1.54) is 24.3 Å². The quantitative estimate of drug-likeness (QED) is 0.0817. The van der Waals surface area contributed by atoms with Crippen LogP contribution in [0.2, 0.25) is 0 Å². The van der Waals surface area contributed by atoms with Crippen LogP contribution in [0.5, 0.6) is 11.5 Å². The van der Waals surface area contributed by atoms with Crippen molar-refractivity contribution in [1.29, 1.82) is 0 Å². The minimum Gasteiger partial charge on any atom is -0.507 e. The molecule has 0 saturated heterocycles. The Morgan fingerprint density at radius 3 is 2.18 bits per heavy atom. The van der Waals surface area contributed by atoms with E-state index in [-0.39, 0.29) is 45.6 Å². The zero-order valence-electron chi connectivity index (χ0n) is 25.6. The monoisotopic (exact) mass is 594 g/mol. The Labute approximate surface area is 255 Å². The average Bonchev–Trinajstić information content (AvgIpc) is 3.20. The molecule has 1 heterocycles. The second-order valence-electron chi connectivity index (χ2n) is 13.2. The van der Waals surface area contributed by atoms with Gasteiger partial charge in [-0.3, -0.25) is 24.5 Å². The summed E-state index contributed by atoms with van der Waals surface area (Å²) in [7, 11) is 0. The summed E-state index contributed by atoms with van der Waals surface area (Å²) in [6.45, 7) is 12.2. The van der Waals surface area contributed by atoms with Gasteiger partial charge in [0, 0.05) is 23.4 Å². The van der Waals surface area contributed by atoms with Gasteiger partial charge in [-0.05, 0) is 46.1 Å². The van der Waals surface area contributed by atoms with E-state index in [0.29, 0.717) is 17.3 Å². The first kappa shape index (κ1) is 30.5. The molecule has 0 spiro atoms. The molecule has 1 unspecified atom stereocenters. The van der Waals surface area contributed by atoms with E-state index in [9.17, 15) is 29.6 Å². The van der Waals surface area contributed by atoms with Gasteiger partial charge in [0.1, 0.15) is 22.7 Å². The number of para-hydroxylation sites is 1. The van der Waals surface area contributed by atoms with Gasteiger partial charge in [-0.25, -0.2) is 4.98 Å². The molecule has 1 atom stereocenters. The van der Waals surface area contributed by atoms with Crippen molar-refractivity contribution in [2.24, 2.45) is 0 Å². The number of aryl methyl sites for hydroxylation is 1. The van der Waals surface area contributed by atoms with Gasteiger partial charge >= 0.3 is 5.97 Å². The minimum absolute atomic E-state index is 0.00530. The van der Waals surface area contributed by atoms with Crippen molar-refractivity contribution in [2.45, 2.75) is 71.1 Å². The summed E-state index contributed by atoms with van der Waals surface area (Å²) < 4.78 is 5.74. The second-order valence-corrected chi connectivity index (χ2v) is 13.2. The van der Waals surface area contributed by atoms with Gasteiger partial charge in [0.25, 0.3) is 5.69 Å². The van der Waals surface area contributed by atoms with Gasteiger partial charge in [0.2, 0.25) is 0 Å². The zero-order valence-corrected chi connectivity index (χ0v) is 25.6. The number of phenols is 1. The van der Waals surface area contributed by atoms with E-state index in [0.717, 1.165) is 16.7 Å². The van der Waals surface area contributed by atoms with Crippen molar-refractivity contribution in [3.63, 3.8) is 0 Å². The first-order valence-corrected chi connectivity index (χ1v) is 14.4. The lowest BCUT2D eigenvalue weighted by atomic mass is 9.78. The smallest absolute Gasteiger partial charge is 0.311 e. The lowest BCUT2D eigenvalue weighted by molar-refractivity contribution is -0.385. The number of nitro groups is 1. The third-order valence-corrected chi connectivity index (χ3v) is 7.90. The lowest BCUT2D eigenvalue weighted by Gasteiger charge is -2.28. The molecule has 0 aliphatic heterocycles. The fourth-order valence-corrected chi connectivity index (χ4v) is 5.62. The van der Waals surface area contributed by atoms with E-state index < -0.39 is 34.1 Å². The highest BCUT2D eigenvalue weighted by atomic mass is 16.6. The molecule has 1 N–H and O–H groups in total. The molecule has 0 amide bonds. The number of rotatable bonds is 6. The number of benzene rings is 3. The van der Waals surface area contributed by atoms with E-state index in [2.05, 4.69) is 4.98 Å². The normalized spacial score (nSPS) is 15.0.